The van der Waals surface area contributed by atoms with Gasteiger partial charge in [-0.05, 0) is 34.5 Å². The molecule has 1 rings (SSSR count). The molecule has 1 unspecified atom stereocenters. The summed E-state index contributed by atoms with van der Waals surface area (Å²) in [7, 11) is 0. The Morgan fingerprint density at radius 2 is 2.42 bits per heavy atom. The smallest absolute Gasteiger partial charge is 0.0701 e. The molecule has 12 heavy (non-hydrogen) atoms. The summed E-state index contributed by atoms with van der Waals surface area (Å²) in [6.45, 7) is 0. The van der Waals surface area contributed by atoms with Crippen LogP contribution in [0.3, 0.4) is 0 Å². The van der Waals surface area contributed by atoms with Gasteiger partial charge in [0.2, 0.25) is 0 Å². The third kappa shape index (κ3) is 2.63. The molecule has 0 bridgehead atoms. The zero-order valence-corrected chi connectivity index (χ0v) is 8.99. The van der Waals surface area contributed by atoms with Crippen LogP contribution in [0.4, 0.5) is 0 Å². The molecule has 1 aromatic heterocycles. The van der Waals surface area contributed by atoms with Crippen LogP contribution in [0, 0.1) is 12.3 Å². The van der Waals surface area contributed by atoms with Crippen molar-refractivity contribution in [2.24, 2.45) is 5.73 Å². The monoisotopic (exact) mass is 243 g/mol. The molecule has 2 N–H and O–H groups in total. The number of terminal acetylenes is 1. The number of hydrogen-bond donors (Lipinski definition) is 1. The maximum atomic E-state index is 5.89. The Bertz CT molecular complexity index is 287. The molecule has 0 amide bonds. The lowest BCUT2D eigenvalue weighted by Crippen LogP contribution is -2.07. The second kappa shape index (κ2) is 4.66. The van der Waals surface area contributed by atoms with Crippen LogP contribution in [0.25, 0.3) is 0 Å². The number of hydrogen-bond acceptors (Lipinski definition) is 2. The Kier molecular flexibility index (Phi) is 3.80. The van der Waals surface area contributed by atoms with E-state index in [0.717, 1.165) is 16.6 Å². The van der Waals surface area contributed by atoms with Crippen molar-refractivity contribution in [3.05, 3.63) is 20.8 Å². The van der Waals surface area contributed by atoms with Gasteiger partial charge in [-0.3, -0.25) is 0 Å². The Morgan fingerprint density at radius 1 is 1.67 bits per heavy atom. The lowest BCUT2D eigenvalue weighted by molar-refractivity contribution is 0.679. The summed E-state index contributed by atoms with van der Waals surface area (Å²) in [5, 5.41) is 0. The number of nitrogens with two attached hydrogens (primary N) is 1. The van der Waals surface area contributed by atoms with Crippen LogP contribution in [0.5, 0.6) is 0 Å². The first-order valence-electron chi connectivity index (χ1n) is 3.68. The van der Waals surface area contributed by atoms with Gasteiger partial charge in [-0.25, -0.2) is 0 Å². The van der Waals surface area contributed by atoms with Crippen LogP contribution in [-0.2, 0) is 0 Å². The molecule has 3 heteroatoms. The van der Waals surface area contributed by atoms with Crippen molar-refractivity contribution < 1.29 is 0 Å². The summed E-state index contributed by atoms with van der Waals surface area (Å²) >= 11 is 5.06. The van der Waals surface area contributed by atoms with Gasteiger partial charge >= 0.3 is 0 Å². The zero-order valence-electron chi connectivity index (χ0n) is 6.59. The lowest BCUT2D eigenvalue weighted by Gasteiger charge is -2.05. The first-order valence-corrected chi connectivity index (χ1v) is 5.29. The fraction of sp³-hybridized carbons (Fsp3) is 0.333. The van der Waals surface area contributed by atoms with Crippen molar-refractivity contribution in [3.63, 3.8) is 0 Å². The predicted molar refractivity (Wildman–Crippen MR) is 57.0 cm³/mol. The second-order valence-electron chi connectivity index (χ2n) is 2.49. The van der Waals surface area contributed by atoms with Gasteiger partial charge < -0.3 is 5.73 Å². The van der Waals surface area contributed by atoms with Crippen molar-refractivity contribution in [1.29, 1.82) is 0 Å². The van der Waals surface area contributed by atoms with E-state index in [-0.39, 0.29) is 6.04 Å². The summed E-state index contributed by atoms with van der Waals surface area (Å²) in [6, 6.07) is 4.14. The molecule has 1 heterocycles. The highest BCUT2D eigenvalue weighted by atomic mass is 79.9. The van der Waals surface area contributed by atoms with E-state index in [0.29, 0.717) is 0 Å². The normalized spacial score (nSPS) is 12.4. The third-order valence-corrected chi connectivity index (χ3v) is 3.31. The summed E-state index contributed by atoms with van der Waals surface area (Å²) in [6.07, 6.45) is 6.76. The van der Waals surface area contributed by atoms with Crippen LogP contribution in [0.2, 0.25) is 0 Å². The maximum Gasteiger partial charge on any atom is 0.0701 e. The number of halogens is 1. The highest BCUT2D eigenvalue weighted by Crippen LogP contribution is 2.27. The summed E-state index contributed by atoms with van der Waals surface area (Å²) in [4.78, 5) is 1.19. The average molecular weight is 244 g/mol. The fourth-order valence-electron chi connectivity index (χ4n) is 0.909. The van der Waals surface area contributed by atoms with Gasteiger partial charge in [-0.1, -0.05) is 0 Å². The van der Waals surface area contributed by atoms with Crippen LogP contribution in [-0.4, -0.2) is 0 Å². The topological polar surface area (TPSA) is 26.0 Å². The third-order valence-electron chi connectivity index (χ3n) is 1.56. The molecule has 0 saturated carbocycles. The molecule has 0 aliphatic heterocycles. The summed E-state index contributed by atoms with van der Waals surface area (Å²) < 4.78 is 1.12. The lowest BCUT2D eigenvalue weighted by atomic mass is 10.1. The number of rotatable bonds is 3. The minimum atomic E-state index is 0.0948. The van der Waals surface area contributed by atoms with Gasteiger partial charge in [0.1, 0.15) is 0 Å². The number of thiophene rings is 1. The molecule has 0 fully saturated rings. The van der Waals surface area contributed by atoms with E-state index < -0.39 is 0 Å². The highest BCUT2D eigenvalue weighted by molar-refractivity contribution is 9.11. The average Bonchev–Trinajstić information content (AvgIpc) is 2.47. The fourth-order valence-corrected chi connectivity index (χ4v) is 2.37. The van der Waals surface area contributed by atoms with Gasteiger partial charge in [-0.2, -0.15) is 0 Å². The Morgan fingerprint density at radius 3 is 2.92 bits per heavy atom. The van der Waals surface area contributed by atoms with Gasteiger partial charge in [0.25, 0.3) is 0 Å². The van der Waals surface area contributed by atoms with Gasteiger partial charge in [0.15, 0.2) is 0 Å². The Balaban J connectivity index is 2.54. The maximum absolute atomic E-state index is 5.89. The van der Waals surface area contributed by atoms with E-state index in [4.69, 9.17) is 12.2 Å². The van der Waals surface area contributed by atoms with Crippen LogP contribution in [0.1, 0.15) is 23.8 Å². The van der Waals surface area contributed by atoms with Crippen LogP contribution < -0.4 is 5.73 Å². The van der Waals surface area contributed by atoms with Gasteiger partial charge in [-0.15, -0.1) is 23.7 Å². The van der Waals surface area contributed by atoms with E-state index >= 15 is 0 Å². The van der Waals surface area contributed by atoms with Crippen LogP contribution >= 0.6 is 27.3 Å². The predicted octanol–water partition coefficient (Wildman–Crippen LogP) is 2.92. The van der Waals surface area contributed by atoms with Crippen molar-refractivity contribution in [3.8, 4) is 12.3 Å². The Hall–Kier alpha value is -0.300. The molecule has 0 aromatic carbocycles. The molecule has 64 valence electrons. The molecule has 1 nitrogen and oxygen atoms in total. The van der Waals surface area contributed by atoms with E-state index in [9.17, 15) is 0 Å². The molecular weight excluding hydrogens is 234 g/mol. The van der Waals surface area contributed by atoms with Crippen LogP contribution in [0.15, 0.2) is 15.9 Å². The van der Waals surface area contributed by atoms with E-state index in [1.807, 2.05) is 12.1 Å². The standard InChI is InChI=1S/C9H10BrNS/c1-2-3-4-7(11)8-5-6-9(10)12-8/h1,5-7H,3-4,11H2. The molecule has 1 aromatic rings. The molecule has 0 spiro atoms. The first-order chi connectivity index (χ1) is 5.74. The minimum absolute atomic E-state index is 0.0948. The SMILES string of the molecule is C#CCCC(N)c1ccc(Br)s1. The van der Waals surface area contributed by atoms with E-state index in [1.165, 1.54) is 4.88 Å². The quantitative estimate of drug-likeness (QED) is 0.813. The van der Waals surface area contributed by atoms with Crippen molar-refractivity contribution in [2.75, 3.05) is 0 Å². The van der Waals surface area contributed by atoms with Crippen molar-refractivity contribution in [2.45, 2.75) is 18.9 Å². The summed E-state index contributed by atoms with van der Waals surface area (Å²) in [5.41, 5.74) is 5.89. The van der Waals surface area contributed by atoms with Crippen molar-refractivity contribution >= 4 is 27.3 Å². The summed E-state index contributed by atoms with van der Waals surface area (Å²) in [5.74, 6) is 2.59. The first kappa shape index (κ1) is 9.79. The molecule has 1 atom stereocenters. The molecule has 0 saturated heterocycles. The Labute approximate surface area is 85.1 Å². The minimum Gasteiger partial charge on any atom is -0.323 e. The van der Waals surface area contributed by atoms with Gasteiger partial charge in [0.05, 0.1) is 3.79 Å². The van der Waals surface area contributed by atoms with E-state index in [1.54, 1.807) is 11.3 Å². The van der Waals surface area contributed by atoms with Crippen molar-refractivity contribution in [1.82, 2.24) is 0 Å². The molecular formula is C9H10BrNS. The zero-order chi connectivity index (χ0) is 8.97. The largest absolute Gasteiger partial charge is 0.323 e. The molecule has 0 aliphatic carbocycles. The van der Waals surface area contributed by atoms with Gasteiger partial charge in [0, 0.05) is 17.3 Å². The molecule has 0 aliphatic rings. The van der Waals surface area contributed by atoms with E-state index in [2.05, 4.69) is 21.9 Å². The highest BCUT2D eigenvalue weighted by Gasteiger charge is 2.06. The molecule has 0 radical (unpaired) electrons. The second-order valence-corrected chi connectivity index (χ2v) is 4.99.